The molecule has 0 spiro atoms. The molecule has 2 amide bonds. The highest BCUT2D eigenvalue weighted by atomic mass is 16.5. The van der Waals surface area contributed by atoms with Crippen molar-refractivity contribution in [3.8, 4) is 11.5 Å². The average molecular weight is 278 g/mol. The summed E-state index contributed by atoms with van der Waals surface area (Å²) in [5, 5.41) is 5.78. The van der Waals surface area contributed by atoms with Gasteiger partial charge in [0.25, 0.3) is 0 Å². The average Bonchev–Trinajstić information content (AvgIpc) is 2.38. The lowest BCUT2D eigenvalue weighted by molar-refractivity contribution is 0.239. The minimum Gasteiger partial charge on any atom is -0.494 e. The van der Waals surface area contributed by atoms with Gasteiger partial charge >= 0.3 is 6.03 Å². The molecular weight excluding hydrogens is 256 g/mol. The topological polar surface area (TPSA) is 59.6 Å². The van der Waals surface area contributed by atoms with Gasteiger partial charge in [-0.2, -0.15) is 0 Å². The highest BCUT2D eigenvalue weighted by molar-refractivity contribution is 5.91. The highest BCUT2D eigenvalue weighted by Crippen LogP contribution is 2.29. The second kappa shape index (κ2) is 7.03. The largest absolute Gasteiger partial charge is 0.494 e. The Morgan fingerprint density at radius 1 is 1.25 bits per heavy atom. The Morgan fingerprint density at radius 3 is 2.60 bits per heavy atom. The lowest BCUT2D eigenvalue weighted by Crippen LogP contribution is -2.41. The van der Waals surface area contributed by atoms with Gasteiger partial charge in [-0.3, -0.25) is 0 Å². The quantitative estimate of drug-likeness (QED) is 0.840. The van der Waals surface area contributed by atoms with E-state index in [2.05, 4.69) is 10.6 Å². The summed E-state index contributed by atoms with van der Waals surface area (Å²) in [7, 11) is 0. The van der Waals surface area contributed by atoms with E-state index >= 15 is 0 Å². The summed E-state index contributed by atoms with van der Waals surface area (Å²) in [4.78, 5) is 11.9. The number of hydrogen-bond acceptors (Lipinski definition) is 3. The Kier molecular flexibility index (Phi) is 5.09. The summed E-state index contributed by atoms with van der Waals surface area (Å²) < 4.78 is 11.0. The molecule has 0 heterocycles. The number of rotatable bonds is 6. The Hall–Kier alpha value is -1.91. The van der Waals surface area contributed by atoms with Crippen LogP contribution in [0.5, 0.6) is 11.5 Å². The lowest BCUT2D eigenvalue weighted by atomic mass is 9.93. The fourth-order valence-electron chi connectivity index (χ4n) is 2.04. The predicted octanol–water partition coefficient (Wildman–Crippen LogP) is 3.16. The molecule has 5 nitrogen and oxygen atoms in total. The molecule has 1 aromatic rings. The van der Waals surface area contributed by atoms with E-state index in [0.717, 1.165) is 18.6 Å². The molecule has 0 aliphatic heterocycles. The maximum atomic E-state index is 11.9. The van der Waals surface area contributed by atoms with Gasteiger partial charge in [-0.15, -0.1) is 0 Å². The van der Waals surface area contributed by atoms with E-state index in [1.807, 2.05) is 26.0 Å². The van der Waals surface area contributed by atoms with Gasteiger partial charge in [0.2, 0.25) is 0 Å². The van der Waals surface area contributed by atoms with Gasteiger partial charge in [0.15, 0.2) is 0 Å². The van der Waals surface area contributed by atoms with E-state index in [1.54, 1.807) is 6.07 Å². The zero-order valence-electron chi connectivity index (χ0n) is 12.1. The van der Waals surface area contributed by atoms with Crippen molar-refractivity contribution < 1.29 is 14.3 Å². The van der Waals surface area contributed by atoms with E-state index in [-0.39, 0.29) is 6.03 Å². The van der Waals surface area contributed by atoms with Crippen LogP contribution in [0.2, 0.25) is 0 Å². The second-order valence-corrected chi connectivity index (χ2v) is 4.75. The molecule has 110 valence electrons. The smallest absolute Gasteiger partial charge is 0.319 e. The number of nitrogens with one attached hydrogen (secondary N) is 2. The first kappa shape index (κ1) is 14.5. The van der Waals surface area contributed by atoms with Gasteiger partial charge < -0.3 is 20.1 Å². The van der Waals surface area contributed by atoms with Crippen molar-refractivity contribution in [2.45, 2.75) is 39.2 Å². The third-order valence-corrected chi connectivity index (χ3v) is 3.25. The van der Waals surface area contributed by atoms with Crippen molar-refractivity contribution in [2.75, 3.05) is 18.5 Å². The molecule has 2 rings (SSSR count). The van der Waals surface area contributed by atoms with Crippen LogP contribution in [0.1, 0.15) is 33.1 Å². The molecule has 1 aromatic carbocycles. The number of carbonyl (C=O) groups excluding carboxylic acids is 1. The molecule has 2 N–H and O–H groups in total. The van der Waals surface area contributed by atoms with Crippen LogP contribution >= 0.6 is 0 Å². The fraction of sp³-hybridized carbons (Fsp3) is 0.533. The van der Waals surface area contributed by atoms with Crippen molar-refractivity contribution in [3.63, 3.8) is 0 Å². The highest BCUT2D eigenvalue weighted by Gasteiger charge is 2.20. The Labute approximate surface area is 119 Å². The van der Waals surface area contributed by atoms with Crippen LogP contribution in [0.15, 0.2) is 18.2 Å². The first-order chi connectivity index (χ1) is 9.72. The van der Waals surface area contributed by atoms with Crippen LogP contribution < -0.4 is 20.1 Å². The Morgan fingerprint density at radius 2 is 2.00 bits per heavy atom. The van der Waals surface area contributed by atoms with Gasteiger partial charge in [0.1, 0.15) is 11.5 Å². The standard InChI is InChI=1S/C15H22N2O3/c1-3-19-12-8-9-14(20-4-2)13(10-12)17-15(18)16-11-6-5-7-11/h8-11H,3-7H2,1-2H3,(H2,16,17,18). The maximum absolute atomic E-state index is 11.9. The van der Waals surface area contributed by atoms with E-state index in [4.69, 9.17) is 9.47 Å². The summed E-state index contributed by atoms with van der Waals surface area (Å²) in [5.41, 5.74) is 0.634. The van der Waals surface area contributed by atoms with E-state index in [1.165, 1.54) is 6.42 Å². The number of carbonyl (C=O) groups is 1. The fourth-order valence-corrected chi connectivity index (χ4v) is 2.04. The SMILES string of the molecule is CCOc1ccc(OCC)c(NC(=O)NC2CCC2)c1. The minimum atomic E-state index is -0.190. The van der Waals surface area contributed by atoms with Crippen LogP contribution in [0.3, 0.4) is 0 Å². The monoisotopic (exact) mass is 278 g/mol. The number of urea groups is 1. The van der Waals surface area contributed by atoms with Gasteiger partial charge in [-0.1, -0.05) is 0 Å². The van der Waals surface area contributed by atoms with Gasteiger partial charge in [-0.05, 0) is 45.2 Å². The molecule has 0 aromatic heterocycles. The normalized spacial score (nSPS) is 14.3. The van der Waals surface area contributed by atoms with Crippen LogP contribution in [0.4, 0.5) is 10.5 Å². The van der Waals surface area contributed by atoms with Gasteiger partial charge in [0.05, 0.1) is 18.9 Å². The van der Waals surface area contributed by atoms with E-state index in [0.29, 0.717) is 30.7 Å². The van der Waals surface area contributed by atoms with E-state index < -0.39 is 0 Å². The molecule has 1 saturated carbocycles. The van der Waals surface area contributed by atoms with Crippen molar-refractivity contribution in [1.29, 1.82) is 0 Å². The van der Waals surface area contributed by atoms with Crippen molar-refractivity contribution in [2.24, 2.45) is 0 Å². The lowest BCUT2D eigenvalue weighted by Gasteiger charge is -2.26. The van der Waals surface area contributed by atoms with Gasteiger partial charge in [-0.25, -0.2) is 4.79 Å². The Bertz CT molecular complexity index is 458. The number of amides is 2. The van der Waals surface area contributed by atoms with E-state index in [9.17, 15) is 4.79 Å². The molecule has 1 aliphatic rings. The maximum Gasteiger partial charge on any atom is 0.319 e. The Balaban J connectivity index is 2.05. The molecular formula is C15H22N2O3. The van der Waals surface area contributed by atoms with Crippen LogP contribution in [0.25, 0.3) is 0 Å². The molecule has 0 saturated heterocycles. The number of ether oxygens (including phenoxy) is 2. The summed E-state index contributed by atoms with van der Waals surface area (Å²) in [5.74, 6) is 1.37. The zero-order valence-corrected chi connectivity index (χ0v) is 12.1. The molecule has 20 heavy (non-hydrogen) atoms. The van der Waals surface area contributed by atoms with Crippen LogP contribution in [0, 0.1) is 0 Å². The molecule has 0 radical (unpaired) electrons. The first-order valence-corrected chi connectivity index (χ1v) is 7.20. The zero-order chi connectivity index (χ0) is 14.4. The van der Waals surface area contributed by atoms with Crippen LogP contribution in [-0.4, -0.2) is 25.3 Å². The minimum absolute atomic E-state index is 0.190. The van der Waals surface area contributed by atoms with Crippen molar-refractivity contribution in [1.82, 2.24) is 5.32 Å². The number of anilines is 1. The second-order valence-electron chi connectivity index (χ2n) is 4.75. The van der Waals surface area contributed by atoms with Gasteiger partial charge in [0, 0.05) is 12.1 Å². The number of hydrogen-bond donors (Lipinski definition) is 2. The summed E-state index contributed by atoms with van der Waals surface area (Å²) in [6, 6.07) is 5.55. The first-order valence-electron chi connectivity index (χ1n) is 7.20. The van der Waals surface area contributed by atoms with Crippen LogP contribution in [-0.2, 0) is 0 Å². The molecule has 5 heteroatoms. The predicted molar refractivity (Wildman–Crippen MR) is 78.6 cm³/mol. The third kappa shape index (κ3) is 3.79. The molecule has 1 aliphatic carbocycles. The number of benzene rings is 1. The molecule has 0 bridgehead atoms. The van der Waals surface area contributed by atoms with Crippen molar-refractivity contribution in [3.05, 3.63) is 18.2 Å². The molecule has 1 fully saturated rings. The molecule has 0 unspecified atom stereocenters. The third-order valence-electron chi connectivity index (χ3n) is 3.25. The molecule has 0 atom stereocenters. The van der Waals surface area contributed by atoms with Crippen molar-refractivity contribution >= 4 is 11.7 Å². The summed E-state index contributed by atoms with van der Waals surface area (Å²) in [6.45, 7) is 4.97. The summed E-state index contributed by atoms with van der Waals surface area (Å²) >= 11 is 0. The summed E-state index contributed by atoms with van der Waals surface area (Å²) in [6.07, 6.45) is 3.31.